The Morgan fingerprint density at radius 2 is 1.68 bits per heavy atom. The molecule has 0 aliphatic heterocycles. The van der Waals surface area contributed by atoms with Crippen LogP contribution < -0.4 is 15.4 Å². The first-order chi connectivity index (χ1) is 13.2. The quantitative estimate of drug-likeness (QED) is 0.624. The fraction of sp³-hybridized carbons (Fsp3) is 0.263. The molecule has 0 heterocycles. The third kappa shape index (κ3) is 6.05. The highest BCUT2D eigenvalue weighted by Crippen LogP contribution is 2.19. The van der Waals surface area contributed by atoms with E-state index >= 15 is 0 Å². The van der Waals surface area contributed by atoms with Crippen molar-refractivity contribution in [2.24, 2.45) is 0 Å². The third-order valence-electron chi connectivity index (χ3n) is 3.63. The van der Waals surface area contributed by atoms with Gasteiger partial charge in [-0.15, -0.1) is 0 Å². The van der Waals surface area contributed by atoms with Crippen molar-refractivity contribution < 1.29 is 22.4 Å². The molecule has 3 N–H and O–H groups in total. The average Bonchev–Trinajstić information content (AvgIpc) is 2.63. The van der Waals surface area contributed by atoms with E-state index in [0.29, 0.717) is 0 Å². The van der Waals surface area contributed by atoms with Crippen LogP contribution in [0.15, 0.2) is 53.4 Å². The Bertz CT molecular complexity index is 944. The van der Waals surface area contributed by atoms with E-state index in [1.165, 1.54) is 42.5 Å². The number of halogens is 1. The predicted molar refractivity (Wildman–Crippen MR) is 104 cm³/mol. The van der Waals surface area contributed by atoms with Crippen LogP contribution in [0, 0.1) is 5.82 Å². The number of sulfonamides is 1. The first-order valence-corrected chi connectivity index (χ1v) is 10.1. The Kier molecular flexibility index (Phi) is 7.11. The molecule has 28 heavy (non-hydrogen) atoms. The van der Waals surface area contributed by atoms with Crippen LogP contribution in [0.5, 0.6) is 0 Å². The molecule has 2 amide bonds. The van der Waals surface area contributed by atoms with Gasteiger partial charge in [0.1, 0.15) is 5.82 Å². The highest BCUT2D eigenvalue weighted by molar-refractivity contribution is 7.92. The van der Waals surface area contributed by atoms with Gasteiger partial charge in [-0.3, -0.25) is 14.3 Å². The summed E-state index contributed by atoms with van der Waals surface area (Å²) in [6, 6.07) is 10.6. The van der Waals surface area contributed by atoms with Crippen LogP contribution in [0.4, 0.5) is 10.1 Å². The van der Waals surface area contributed by atoms with Gasteiger partial charge >= 0.3 is 0 Å². The zero-order valence-electron chi connectivity index (χ0n) is 15.5. The van der Waals surface area contributed by atoms with Gasteiger partial charge in [0.2, 0.25) is 5.91 Å². The van der Waals surface area contributed by atoms with Gasteiger partial charge in [0.15, 0.2) is 0 Å². The van der Waals surface area contributed by atoms with Gasteiger partial charge in [0.05, 0.1) is 10.6 Å². The van der Waals surface area contributed by atoms with Gasteiger partial charge in [0.25, 0.3) is 15.9 Å². The number of para-hydroxylation sites is 1. The topological polar surface area (TPSA) is 104 Å². The van der Waals surface area contributed by atoms with Crippen LogP contribution in [0.3, 0.4) is 0 Å². The highest BCUT2D eigenvalue weighted by Gasteiger charge is 2.17. The summed E-state index contributed by atoms with van der Waals surface area (Å²) in [6.45, 7) is 3.84. The maximum absolute atomic E-state index is 13.6. The zero-order valence-corrected chi connectivity index (χ0v) is 16.3. The molecule has 0 fully saturated rings. The molecule has 0 saturated carbocycles. The Hall–Kier alpha value is -2.94. The van der Waals surface area contributed by atoms with Gasteiger partial charge in [-0.25, -0.2) is 12.8 Å². The van der Waals surface area contributed by atoms with Crippen molar-refractivity contribution in [3.8, 4) is 0 Å². The number of hydrogen-bond donors (Lipinski definition) is 3. The normalized spacial score (nSPS) is 11.1. The molecule has 9 heteroatoms. The first kappa shape index (κ1) is 21.4. The van der Waals surface area contributed by atoms with Crippen LogP contribution in [-0.2, 0) is 14.8 Å². The summed E-state index contributed by atoms with van der Waals surface area (Å²) in [5.41, 5.74) is 0.0816. The molecular formula is C19H22FN3O4S. The van der Waals surface area contributed by atoms with E-state index in [1.54, 1.807) is 0 Å². The average molecular weight is 407 g/mol. The molecule has 0 radical (unpaired) electrons. The lowest BCUT2D eigenvalue weighted by atomic mass is 10.2. The van der Waals surface area contributed by atoms with Gasteiger partial charge in [0, 0.05) is 24.6 Å². The number of anilines is 1. The molecule has 0 aliphatic rings. The number of benzene rings is 2. The molecule has 0 aliphatic carbocycles. The summed E-state index contributed by atoms with van der Waals surface area (Å²) in [5, 5.41) is 5.31. The minimum Gasteiger partial charge on any atom is -0.354 e. The molecule has 0 saturated heterocycles. The van der Waals surface area contributed by atoms with Crippen LogP contribution in [0.1, 0.15) is 30.6 Å². The standard InChI is InChI=1S/C19H22FN3O4S/c1-13(2)22-18(24)11-12-21-19(25)14-7-9-15(10-8-14)28(26,27)23-17-6-4-3-5-16(17)20/h3-10,13,23H,11-12H2,1-2H3,(H,21,25)(H,22,24). The number of nitrogens with one attached hydrogen (secondary N) is 3. The minimum atomic E-state index is -3.99. The molecule has 0 unspecified atom stereocenters. The lowest BCUT2D eigenvalue weighted by molar-refractivity contribution is -0.121. The number of rotatable bonds is 8. The lowest BCUT2D eigenvalue weighted by Gasteiger charge is -2.10. The summed E-state index contributed by atoms with van der Waals surface area (Å²) in [4.78, 5) is 23.5. The van der Waals surface area contributed by atoms with Crippen molar-refractivity contribution in [2.75, 3.05) is 11.3 Å². The highest BCUT2D eigenvalue weighted by atomic mass is 32.2. The Morgan fingerprint density at radius 1 is 1.04 bits per heavy atom. The maximum Gasteiger partial charge on any atom is 0.261 e. The van der Waals surface area contributed by atoms with E-state index in [-0.39, 0.29) is 41.1 Å². The second-order valence-electron chi connectivity index (χ2n) is 6.34. The monoisotopic (exact) mass is 407 g/mol. The summed E-state index contributed by atoms with van der Waals surface area (Å²) >= 11 is 0. The second kappa shape index (κ2) is 9.32. The predicted octanol–water partition coefficient (Wildman–Crippen LogP) is 2.27. The zero-order chi connectivity index (χ0) is 20.7. The number of hydrogen-bond acceptors (Lipinski definition) is 4. The first-order valence-electron chi connectivity index (χ1n) is 8.64. The van der Waals surface area contributed by atoms with Crippen LogP contribution in [0.2, 0.25) is 0 Å². The van der Waals surface area contributed by atoms with Crippen molar-refractivity contribution >= 4 is 27.5 Å². The smallest absolute Gasteiger partial charge is 0.261 e. The fourth-order valence-corrected chi connectivity index (χ4v) is 3.39. The summed E-state index contributed by atoms with van der Waals surface area (Å²) in [7, 11) is -3.99. The van der Waals surface area contributed by atoms with Crippen molar-refractivity contribution in [2.45, 2.75) is 31.2 Å². The molecule has 150 valence electrons. The van der Waals surface area contributed by atoms with Crippen molar-refractivity contribution in [1.82, 2.24) is 10.6 Å². The number of carbonyl (C=O) groups excluding carboxylic acids is 2. The minimum absolute atomic E-state index is 0.0238. The van der Waals surface area contributed by atoms with Crippen molar-refractivity contribution in [3.63, 3.8) is 0 Å². The molecular weight excluding hydrogens is 385 g/mol. The van der Waals surface area contributed by atoms with E-state index in [0.717, 1.165) is 6.07 Å². The molecule has 2 rings (SSSR count). The van der Waals surface area contributed by atoms with E-state index in [2.05, 4.69) is 15.4 Å². The van der Waals surface area contributed by atoms with Crippen LogP contribution in [0.25, 0.3) is 0 Å². The maximum atomic E-state index is 13.6. The number of amides is 2. The molecule has 0 aromatic heterocycles. The van der Waals surface area contributed by atoms with E-state index in [4.69, 9.17) is 0 Å². The number of carbonyl (C=O) groups is 2. The molecule has 2 aromatic rings. The van der Waals surface area contributed by atoms with E-state index in [9.17, 15) is 22.4 Å². The van der Waals surface area contributed by atoms with Crippen molar-refractivity contribution in [3.05, 3.63) is 59.9 Å². The SMILES string of the molecule is CC(C)NC(=O)CCNC(=O)c1ccc(S(=O)(=O)Nc2ccccc2F)cc1. The largest absolute Gasteiger partial charge is 0.354 e. The molecule has 0 spiro atoms. The fourth-order valence-electron chi connectivity index (χ4n) is 2.32. The second-order valence-corrected chi connectivity index (χ2v) is 8.02. The van der Waals surface area contributed by atoms with Gasteiger partial charge in [-0.05, 0) is 50.2 Å². The Morgan fingerprint density at radius 3 is 2.29 bits per heavy atom. The summed E-state index contributed by atoms with van der Waals surface area (Å²) < 4.78 is 40.5. The Balaban J connectivity index is 1.97. The molecule has 0 atom stereocenters. The molecule has 7 nitrogen and oxygen atoms in total. The van der Waals surface area contributed by atoms with Gasteiger partial charge in [-0.1, -0.05) is 12.1 Å². The van der Waals surface area contributed by atoms with E-state index in [1.807, 2.05) is 13.8 Å². The third-order valence-corrected chi connectivity index (χ3v) is 5.01. The molecule has 0 bridgehead atoms. The summed E-state index contributed by atoms with van der Waals surface area (Å²) in [6.07, 6.45) is 0.142. The van der Waals surface area contributed by atoms with Crippen LogP contribution >= 0.6 is 0 Å². The summed E-state index contributed by atoms with van der Waals surface area (Å²) in [5.74, 6) is -1.29. The lowest BCUT2D eigenvalue weighted by Crippen LogP contribution is -2.34. The van der Waals surface area contributed by atoms with Crippen molar-refractivity contribution in [1.29, 1.82) is 0 Å². The van der Waals surface area contributed by atoms with Gasteiger partial charge < -0.3 is 10.6 Å². The molecule has 2 aromatic carbocycles. The van der Waals surface area contributed by atoms with E-state index < -0.39 is 21.7 Å². The van der Waals surface area contributed by atoms with Gasteiger partial charge in [-0.2, -0.15) is 0 Å². The Labute approximate surface area is 163 Å². The van der Waals surface area contributed by atoms with Crippen LogP contribution in [-0.4, -0.2) is 32.8 Å².